The van der Waals surface area contributed by atoms with Gasteiger partial charge in [-0.25, -0.2) is 9.59 Å². The van der Waals surface area contributed by atoms with Gasteiger partial charge in [-0.2, -0.15) is 0 Å². The largest absolute Gasteiger partial charge is 0.479 e. The lowest BCUT2D eigenvalue weighted by Gasteiger charge is -2.36. The van der Waals surface area contributed by atoms with Gasteiger partial charge in [0.15, 0.2) is 5.78 Å². The van der Waals surface area contributed by atoms with Crippen LogP contribution in [-0.4, -0.2) is 70.4 Å². The van der Waals surface area contributed by atoms with E-state index in [0.717, 1.165) is 5.56 Å². The quantitative estimate of drug-likeness (QED) is 0.282. The van der Waals surface area contributed by atoms with E-state index < -0.39 is 41.5 Å². The molecule has 0 saturated carbocycles. The number of nitrogens with two attached hydrogens (primary N) is 1. The molecule has 0 unspecified atom stereocenters. The zero-order valence-corrected chi connectivity index (χ0v) is 22.4. The number of likely N-dealkylation sites (tertiary alicyclic amines) is 1. The van der Waals surface area contributed by atoms with Gasteiger partial charge in [0.25, 0.3) is 0 Å². The van der Waals surface area contributed by atoms with E-state index in [9.17, 15) is 29.1 Å². The van der Waals surface area contributed by atoms with Crippen molar-refractivity contribution in [2.75, 3.05) is 13.1 Å². The zero-order chi connectivity index (χ0) is 28.3. The lowest BCUT2D eigenvalue weighted by molar-refractivity contribution is -0.158. The number of ether oxygens (including phenoxy) is 1. The van der Waals surface area contributed by atoms with Crippen molar-refractivity contribution in [1.29, 1.82) is 0 Å². The summed E-state index contributed by atoms with van der Waals surface area (Å²) in [7, 11) is 0. The molecule has 1 heterocycles. The van der Waals surface area contributed by atoms with Gasteiger partial charge in [0.1, 0.15) is 18.2 Å². The number of ketones is 1. The molecule has 1 aliphatic rings. The number of nitrogens with zero attached hydrogens (tertiary/aromatic N) is 1. The van der Waals surface area contributed by atoms with Crippen LogP contribution >= 0.6 is 0 Å². The first-order valence-electron chi connectivity index (χ1n) is 13.0. The van der Waals surface area contributed by atoms with Crippen molar-refractivity contribution in [3.05, 3.63) is 35.9 Å². The van der Waals surface area contributed by atoms with Crippen LogP contribution in [0, 0.1) is 5.92 Å². The van der Waals surface area contributed by atoms with E-state index in [4.69, 9.17) is 10.5 Å². The van der Waals surface area contributed by atoms with Gasteiger partial charge in [0.2, 0.25) is 11.8 Å². The molecule has 38 heavy (non-hydrogen) atoms. The molecule has 0 radical (unpaired) electrons. The smallest absolute Gasteiger partial charge is 0.407 e. The standard InChI is InChI=1S/C27H40N4O7/c1-18(2)15-22(28)23(33)30-19(3)24(34)31-14-8-13-27(31,25(35)36)12-7-11-21(32)16-29-26(37)38-17-20-9-5-4-6-10-20/h4-6,9-10,18-19,22H,7-8,11-17,28H2,1-3H3,(H,29,37)(H,30,33)(H,35,36)/t19-,22-,27-/m0/s1. The number of amides is 3. The number of nitrogens with one attached hydrogen (secondary N) is 2. The van der Waals surface area contributed by atoms with Crippen molar-refractivity contribution in [3.8, 4) is 0 Å². The molecule has 0 bridgehead atoms. The maximum atomic E-state index is 13.2. The van der Waals surface area contributed by atoms with E-state index in [2.05, 4.69) is 10.6 Å². The van der Waals surface area contributed by atoms with E-state index in [1.807, 2.05) is 44.2 Å². The number of hydrogen-bond acceptors (Lipinski definition) is 7. The van der Waals surface area contributed by atoms with E-state index >= 15 is 0 Å². The fourth-order valence-electron chi connectivity index (χ4n) is 4.63. The van der Waals surface area contributed by atoms with Crippen molar-refractivity contribution in [2.24, 2.45) is 11.7 Å². The molecule has 1 aliphatic heterocycles. The highest BCUT2D eigenvalue weighted by Crippen LogP contribution is 2.35. The number of alkyl carbamates (subject to hydrolysis) is 1. The summed E-state index contributed by atoms with van der Waals surface area (Å²) in [6.07, 6.45) is 0.812. The second-order valence-electron chi connectivity index (χ2n) is 10.2. The third kappa shape index (κ3) is 8.83. The number of carboxylic acid groups (broad SMARTS) is 1. The van der Waals surface area contributed by atoms with Gasteiger partial charge in [-0.3, -0.25) is 14.4 Å². The minimum absolute atomic E-state index is 0.0341. The van der Waals surface area contributed by atoms with Gasteiger partial charge in [0, 0.05) is 13.0 Å². The van der Waals surface area contributed by atoms with E-state index in [1.54, 1.807) is 0 Å². The Hall–Kier alpha value is -3.47. The summed E-state index contributed by atoms with van der Waals surface area (Å²) >= 11 is 0. The zero-order valence-electron chi connectivity index (χ0n) is 22.4. The van der Waals surface area contributed by atoms with Crippen LogP contribution in [0.4, 0.5) is 4.79 Å². The number of aliphatic carboxylic acids is 1. The SMILES string of the molecule is CC(C)C[C@H](N)C(=O)N[C@@H](C)C(=O)N1CCC[C@@]1(CCCC(=O)CNC(=O)OCc1ccccc1)C(=O)O. The lowest BCUT2D eigenvalue weighted by Crippen LogP contribution is -2.59. The average Bonchev–Trinajstić information content (AvgIpc) is 3.31. The maximum absolute atomic E-state index is 13.2. The highest BCUT2D eigenvalue weighted by atomic mass is 16.5. The second-order valence-corrected chi connectivity index (χ2v) is 10.2. The van der Waals surface area contributed by atoms with Gasteiger partial charge >= 0.3 is 12.1 Å². The van der Waals surface area contributed by atoms with Gasteiger partial charge in [-0.1, -0.05) is 44.2 Å². The number of carboxylic acids is 1. The number of carbonyl (C=O) groups is 5. The lowest BCUT2D eigenvalue weighted by atomic mass is 9.88. The molecule has 3 amide bonds. The van der Waals surface area contributed by atoms with Crippen molar-refractivity contribution in [3.63, 3.8) is 0 Å². The number of hydrogen-bond donors (Lipinski definition) is 4. The predicted molar refractivity (Wildman–Crippen MR) is 140 cm³/mol. The van der Waals surface area contributed by atoms with Gasteiger partial charge in [-0.05, 0) is 50.5 Å². The first kappa shape index (κ1) is 30.8. The molecule has 11 nitrogen and oxygen atoms in total. The van der Waals surface area contributed by atoms with Crippen molar-refractivity contribution in [1.82, 2.24) is 15.5 Å². The fourth-order valence-corrected chi connectivity index (χ4v) is 4.63. The van der Waals surface area contributed by atoms with Crippen LogP contribution in [-0.2, 0) is 30.5 Å². The second kappa shape index (κ2) is 14.5. The van der Waals surface area contributed by atoms with E-state index in [-0.39, 0.29) is 57.1 Å². The Morgan fingerprint density at radius 1 is 1.13 bits per heavy atom. The van der Waals surface area contributed by atoms with Crippen LogP contribution in [0.2, 0.25) is 0 Å². The number of carbonyl (C=O) groups excluding carboxylic acids is 4. The van der Waals surface area contributed by atoms with Gasteiger partial charge < -0.3 is 31.1 Å². The summed E-state index contributed by atoms with van der Waals surface area (Å²) in [6, 6.07) is 7.41. The molecule has 11 heteroatoms. The van der Waals surface area contributed by atoms with Crippen molar-refractivity contribution in [2.45, 2.75) is 83.5 Å². The molecule has 1 saturated heterocycles. The molecule has 5 N–H and O–H groups in total. The third-order valence-electron chi connectivity index (χ3n) is 6.63. The Morgan fingerprint density at radius 3 is 2.45 bits per heavy atom. The minimum atomic E-state index is -1.46. The average molecular weight is 533 g/mol. The first-order chi connectivity index (χ1) is 18.0. The maximum Gasteiger partial charge on any atom is 0.407 e. The number of Topliss-reactive ketones (excluding diaryl/α,β-unsaturated/α-hetero) is 1. The summed E-state index contributed by atoms with van der Waals surface area (Å²) in [5, 5.41) is 15.1. The molecule has 210 valence electrons. The third-order valence-corrected chi connectivity index (χ3v) is 6.63. The molecule has 0 aliphatic carbocycles. The van der Waals surface area contributed by atoms with Crippen LogP contribution in [0.3, 0.4) is 0 Å². The molecule has 1 aromatic carbocycles. The minimum Gasteiger partial charge on any atom is -0.479 e. The molecular formula is C27H40N4O7. The molecule has 1 aromatic rings. The Morgan fingerprint density at radius 2 is 1.82 bits per heavy atom. The topological polar surface area (TPSA) is 168 Å². The molecule has 0 spiro atoms. The number of rotatable bonds is 14. The van der Waals surface area contributed by atoms with Crippen molar-refractivity contribution < 1.29 is 33.8 Å². The summed E-state index contributed by atoms with van der Waals surface area (Å²) in [5.74, 6) is -2.17. The van der Waals surface area contributed by atoms with Crippen LogP contribution in [0.5, 0.6) is 0 Å². The number of benzene rings is 1. The van der Waals surface area contributed by atoms with Gasteiger partial charge in [0.05, 0.1) is 12.6 Å². The summed E-state index contributed by atoms with van der Waals surface area (Å²) in [6.45, 7) is 5.47. The van der Waals surface area contributed by atoms with Crippen LogP contribution in [0.25, 0.3) is 0 Å². The predicted octanol–water partition coefficient (Wildman–Crippen LogP) is 1.98. The van der Waals surface area contributed by atoms with Crippen LogP contribution < -0.4 is 16.4 Å². The Labute approximate surface area is 223 Å². The molecule has 2 rings (SSSR count). The highest BCUT2D eigenvalue weighted by Gasteiger charge is 2.50. The summed E-state index contributed by atoms with van der Waals surface area (Å²) < 4.78 is 5.07. The fraction of sp³-hybridized carbons (Fsp3) is 0.593. The summed E-state index contributed by atoms with van der Waals surface area (Å²) in [4.78, 5) is 63.3. The van der Waals surface area contributed by atoms with Crippen molar-refractivity contribution >= 4 is 29.7 Å². The molecule has 0 aromatic heterocycles. The Bertz CT molecular complexity index is 985. The molecule has 3 atom stereocenters. The van der Waals surface area contributed by atoms with E-state index in [1.165, 1.54) is 11.8 Å². The molecule has 1 fully saturated rings. The normalized spacial score (nSPS) is 18.5. The Kier molecular flexibility index (Phi) is 11.7. The highest BCUT2D eigenvalue weighted by molar-refractivity contribution is 5.93. The van der Waals surface area contributed by atoms with E-state index in [0.29, 0.717) is 12.8 Å². The van der Waals surface area contributed by atoms with Crippen LogP contribution in [0.1, 0.15) is 64.9 Å². The Balaban J connectivity index is 1.86. The summed E-state index contributed by atoms with van der Waals surface area (Å²) in [5.41, 5.74) is 5.26. The van der Waals surface area contributed by atoms with Crippen LogP contribution in [0.15, 0.2) is 30.3 Å². The molecular weight excluding hydrogens is 492 g/mol. The first-order valence-corrected chi connectivity index (χ1v) is 13.0. The monoisotopic (exact) mass is 532 g/mol. The van der Waals surface area contributed by atoms with Gasteiger partial charge in [-0.15, -0.1) is 0 Å².